The number of hydrogen-bond acceptors (Lipinski definition) is 2. The van der Waals surface area contributed by atoms with E-state index in [4.69, 9.17) is 5.11 Å². The molecule has 1 aromatic rings. The summed E-state index contributed by atoms with van der Waals surface area (Å²) < 4.78 is 13.6. The van der Waals surface area contributed by atoms with Crippen LogP contribution in [0.2, 0.25) is 0 Å². The van der Waals surface area contributed by atoms with E-state index in [9.17, 15) is 4.39 Å². The summed E-state index contributed by atoms with van der Waals surface area (Å²) >= 11 is 1.69. The Morgan fingerprint density at radius 3 is 2.88 bits per heavy atom. The van der Waals surface area contributed by atoms with E-state index in [1.807, 2.05) is 6.07 Å². The first kappa shape index (κ1) is 13.1. The van der Waals surface area contributed by atoms with E-state index in [2.05, 4.69) is 18.8 Å². The van der Waals surface area contributed by atoms with Crippen LogP contribution in [0.3, 0.4) is 0 Å². The summed E-state index contributed by atoms with van der Waals surface area (Å²) in [5.41, 5.74) is 1.38. The van der Waals surface area contributed by atoms with Crippen LogP contribution in [-0.4, -0.2) is 17.5 Å². The molecule has 0 amide bonds. The van der Waals surface area contributed by atoms with Gasteiger partial charge >= 0.3 is 0 Å². The van der Waals surface area contributed by atoms with Gasteiger partial charge in [-0.1, -0.05) is 24.8 Å². The van der Waals surface area contributed by atoms with Gasteiger partial charge in [0.25, 0.3) is 0 Å². The van der Waals surface area contributed by atoms with Crippen LogP contribution in [0.4, 0.5) is 4.39 Å². The molecular formula is C13H15FOS. The summed E-state index contributed by atoms with van der Waals surface area (Å²) in [5.74, 6) is 7.07. The van der Waals surface area contributed by atoms with Crippen molar-refractivity contribution in [1.82, 2.24) is 0 Å². The first-order valence-electron chi connectivity index (χ1n) is 5.23. The monoisotopic (exact) mass is 238 g/mol. The fraction of sp³-hybridized carbons (Fsp3) is 0.385. The minimum atomic E-state index is -0.197. The maximum atomic E-state index is 13.6. The van der Waals surface area contributed by atoms with Crippen molar-refractivity contribution in [2.75, 3.05) is 12.4 Å². The van der Waals surface area contributed by atoms with E-state index in [1.54, 1.807) is 17.8 Å². The number of aliphatic hydroxyl groups is 1. The van der Waals surface area contributed by atoms with Crippen LogP contribution in [-0.2, 0) is 5.75 Å². The second kappa shape index (κ2) is 7.32. The molecule has 0 aliphatic heterocycles. The summed E-state index contributed by atoms with van der Waals surface area (Å²) in [5, 5.41) is 8.56. The predicted molar refractivity (Wildman–Crippen MR) is 66.8 cm³/mol. The lowest BCUT2D eigenvalue weighted by Gasteiger charge is -2.02. The average molecular weight is 238 g/mol. The first-order chi connectivity index (χ1) is 7.77. The van der Waals surface area contributed by atoms with Crippen LogP contribution in [0, 0.1) is 17.7 Å². The third-order valence-corrected chi connectivity index (χ3v) is 2.91. The number of aliphatic hydroxyl groups excluding tert-OH is 1. The molecule has 16 heavy (non-hydrogen) atoms. The van der Waals surface area contributed by atoms with Crippen molar-refractivity contribution in [3.8, 4) is 11.8 Å². The van der Waals surface area contributed by atoms with Gasteiger partial charge in [-0.3, -0.25) is 0 Å². The molecule has 0 aliphatic rings. The van der Waals surface area contributed by atoms with Gasteiger partial charge in [0, 0.05) is 17.7 Å². The Balaban J connectivity index is 2.71. The van der Waals surface area contributed by atoms with Gasteiger partial charge in [-0.05, 0) is 23.4 Å². The molecule has 1 rings (SSSR count). The van der Waals surface area contributed by atoms with Gasteiger partial charge in [0.05, 0.1) is 6.61 Å². The van der Waals surface area contributed by atoms with Gasteiger partial charge in [-0.25, -0.2) is 4.39 Å². The van der Waals surface area contributed by atoms with Crippen LogP contribution in [0.5, 0.6) is 0 Å². The second-order valence-corrected chi connectivity index (χ2v) is 4.49. The van der Waals surface area contributed by atoms with Gasteiger partial charge in [-0.2, -0.15) is 11.8 Å². The van der Waals surface area contributed by atoms with Gasteiger partial charge in [0.15, 0.2) is 0 Å². The van der Waals surface area contributed by atoms with Crippen molar-refractivity contribution >= 4 is 11.8 Å². The van der Waals surface area contributed by atoms with Crippen LogP contribution in [0.15, 0.2) is 18.2 Å². The highest BCUT2D eigenvalue weighted by Crippen LogP contribution is 2.16. The number of hydrogen-bond donors (Lipinski definition) is 1. The Hall–Kier alpha value is -0.980. The summed E-state index contributed by atoms with van der Waals surface area (Å²) in [4.78, 5) is 0. The zero-order valence-corrected chi connectivity index (χ0v) is 10.1. The molecule has 1 N–H and O–H groups in total. The Morgan fingerprint density at radius 1 is 1.44 bits per heavy atom. The summed E-state index contributed by atoms with van der Waals surface area (Å²) in [7, 11) is 0. The molecular weight excluding hydrogens is 223 g/mol. The first-order valence-corrected chi connectivity index (χ1v) is 6.39. The molecule has 0 saturated carbocycles. The molecule has 0 spiro atoms. The highest BCUT2D eigenvalue weighted by Gasteiger charge is 2.01. The van der Waals surface area contributed by atoms with Crippen molar-refractivity contribution in [2.45, 2.75) is 19.1 Å². The van der Waals surface area contributed by atoms with E-state index in [1.165, 1.54) is 6.07 Å². The molecule has 0 saturated heterocycles. The van der Waals surface area contributed by atoms with Crippen LogP contribution >= 0.6 is 11.8 Å². The zero-order valence-electron chi connectivity index (χ0n) is 9.29. The van der Waals surface area contributed by atoms with E-state index in [-0.39, 0.29) is 12.4 Å². The number of rotatable bonds is 4. The van der Waals surface area contributed by atoms with Crippen LogP contribution < -0.4 is 0 Å². The van der Waals surface area contributed by atoms with Crippen LogP contribution in [0.25, 0.3) is 0 Å². The maximum absolute atomic E-state index is 13.6. The van der Waals surface area contributed by atoms with Crippen molar-refractivity contribution in [3.05, 3.63) is 35.1 Å². The Morgan fingerprint density at radius 2 is 2.25 bits per heavy atom. The third kappa shape index (κ3) is 4.26. The Kier molecular flexibility index (Phi) is 5.99. The summed E-state index contributed by atoms with van der Waals surface area (Å²) in [6.45, 7) is 2.10. The standard InChI is InChI=1S/C13H15FOS/c1-2-16-10-12-7-6-11(9-13(12)14)5-3-4-8-15/h6-7,9,15H,2,4,8,10H2,1H3. The molecule has 86 valence electrons. The molecule has 3 heteroatoms. The average Bonchev–Trinajstić information content (AvgIpc) is 2.28. The molecule has 1 nitrogen and oxygen atoms in total. The molecule has 0 unspecified atom stereocenters. The number of halogens is 1. The smallest absolute Gasteiger partial charge is 0.128 e. The highest BCUT2D eigenvalue weighted by molar-refractivity contribution is 7.98. The molecule has 1 aromatic carbocycles. The minimum Gasteiger partial charge on any atom is -0.395 e. The fourth-order valence-electron chi connectivity index (χ4n) is 1.17. The van der Waals surface area contributed by atoms with E-state index < -0.39 is 0 Å². The normalized spacial score (nSPS) is 9.69. The maximum Gasteiger partial charge on any atom is 0.128 e. The second-order valence-electron chi connectivity index (χ2n) is 3.22. The quantitative estimate of drug-likeness (QED) is 0.814. The SMILES string of the molecule is CCSCc1ccc(C#CCCO)cc1F. The molecule has 0 bridgehead atoms. The van der Waals surface area contributed by atoms with E-state index in [0.29, 0.717) is 17.7 Å². The van der Waals surface area contributed by atoms with Gasteiger partial charge in [0.2, 0.25) is 0 Å². The molecule has 0 radical (unpaired) electrons. The van der Waals surface area contributed by atoms with Crippen molar-refractivity contribution in [2.24, 2.45) is 0 Å². The van der Waals surface area contributed by atoms with Crippen molar-refractivity contribution < 1.29 is 9.50 Å². The number of benzene rings is 1. The van der Waals surface area contributed by atoms with Gasteiger partial charge < -0.3 is 5.11 Å². The molecule has 0 fully saturated rings. The zero-order chi connectivity index (χ0) is 11.8. The number of thioether (sulfide) groups is 1. The van der Waals surface area contributed by atoms with Gasteiger partial charge in [0.1, 0.15) is 5.82 Å². The molecule has 0 aliphatic carbocycles. The van der Waals surface area contributed by atoms with Crippen molar-refractivity contribution in [1.29, 1.82) is 0 Å². The van der Waals surface area contributed by atoms with Gasteiger partial charge in [-0.15, -0.1) is 0 Å². The Bertz CT molecular complexity index is 393. The summed E-state index contributed by atoms with van der Waals surface area (Å²) in [6, 6.07) is 5.05. The molecule has 0 aromatic heterocycles. The largest absolute Gasteiger partial charge is 0.395 e. The van der Waals surface area contributed by atoms with E-state index in [0.717, 1.165) is 11.3 Å². The van der Waals surface area contributed by atoms with E-state index >= 15 is 0 Å². The van der Waals surface area contributed by atoms with Crippen LogP contribution in [0.1, 0.15) is 24.5 Å². The predicted octanol–water partition coefficient (Wildman–Crippen LogP) is 2.81. The molecule has 0 atom stereocenters. The van der Waals surface area contributed by atoms with Crippen molar-refractivity contribution in [3.63, 3.8) is 0 Å². The lowest BCUT2D eigenvalue weighted by atomic mass is 10.1. The Labute approximate surface area is 100 Å². The highest BCUT2D eigenvalue weighted by atomic mass is 32.2. The topological polar surface area (TPSA) is 20.2 Å². The molecule has 0 heterocycles. The summed E-state index contributed by atoms with van der Waals surface area (Å²) in [6.07, 6.45) is 0.426. The lowest BCUT2D eigenvalue weighted by molar-refractivity contribution is 0.305. The lowest BCUT2D eigenvalue weighted by Crippen LogP contribution is -1.89. The fourth-order valence-corrected chi connectivity index (χ4v) is 1.83. The minimum absolute atomic E-state index is 0.0424. The third-order valence-electron chi connectivity index (χ3n) is 1.98.